The lowest BCUT2D eigenvalue weighted by atomic mass is 10.1. The number of ether oxygens (including phenoxy) is 1. The van der Waals surface area contributed by atoms with Crippen molar-refractivity contribution in [3.05, 3.63) is 29.7 Å². The van der Waals surface area contributed by atoms with E-state index in [0.29, 0.717) is 11.2 Å². The highest BCUT2D eigenvalue weighted by molar-refractivity contribution is 5.76. The first-order valence-electron chi connectivity index (χ1n) is 5.80. The van der Waals surface area contributed by atoms with Crippen molar-refractivity contribution in [2.75, 3.05) is 6.61 Å². The summed E-state index contributed by atoms with van der Waals surface area (Å²) in [4.78, 5) is 10.7. The fraction of sp³-hybridized carbons (Fsp3) is 0.417. The second-order valence-electron chi connectivity index (χ2n) is 4.22. The third kappa shape index (κ3) is 1.82. The third-order valence-corrected chi connectivity index (χ3v) is 3.06. The smallest absolute Gasteiger partial charge is 0.166 e. The van der Waals surface area contributed by atoms with Gasteiger partial charge in [0, 0.05) is 18.4 Å². The van der Waals surface area contributed by atoms with E-state index in [-0.39, 0.29) is 6.10 Å². The maximum Gasteiger partial charge on any atom is 0.166 e. The first-order chi connectivity index (χ1) is 8.38. The van der Waals surface area contributed by atoms with E-state index in [4.69, 9.17) is 4.74 Å². The Labute approximate surface area is 98.4 Å². The molecule has 5 heteroatoms. The minimum absolute atomic E-state index is 0.0285. The van der Waals surface area contributed by atoms with Crippen LogP contribution in [0.1, 0.15) is 41.5 Å². The van der Waals surface area contributed by atoms with E-state index < -0.39 is 0 Å². The van der Waals surface area contributed by atoms with Crippen molar-refractivity contribution in [2.45, 2.75) is 25.4 Å². The number of pyridine rings is 1. The fourth-order valence-electron chi connectivity index (χ4n) is 2.16. The van der Waals surface area contributed by atoms with Crippen molar-refractivity contribution in [1.82, 2.24) is 14.6 Å². The number of hydrogen-bond acceptors (Lipinski definition) is 4. The number of hydrogen-bond donors (Lipinski definition) is 0. The normalized spacial score (nSPS) is 20.6. The Kier molecular flexibility index (Phi) is 2.60. The molecule has 5 nitrogen and oxygen atoms in total. The van der Waals surface area contributed by atoms with Crippen molar-refractivity contribution in [3.63, 3.8) is 0 Å². The summed E-state index contributed by atoms with van der Waals surface area (Å²) in [6.07, 6.45) is 5.92. The Morgan fingerprint density at radius 3 is 3.12 bits per heavy atom. The average Bonchev–Trinajstić information content (AvgIpc) is 2.82. The zero-order valence-corrected chi connectivity index (χ0v) is 9.37. The highest BCUT2D eigenvalue weighted by Crippen LogP contribution is 2.26. The van der Waals surface area contributed by atoms with Gasteiger partial charge in [-0.3, -0.25) is 9.20 Å². The summed E-state index contributed by atoms with van der Waals surface area (Å²) in [6, 6.07) is 3.49. The van der Waals surface area contributed by atoms with Gasteiger partial charge in [0.05, 0.1) is 0 Å². The van der Waals surface area contributed by atoms with Crippen LogP contribution in [0, 0.1) is 0 Å². The number of aldehydes is 1. The predicted molar refractivity (Wildman–Crippen MR) is 60.9 cm³/mol. The zero-order valence-electron chi connectivity index (χ0n) is 9.37. The lowest BCUT2D eigenvalue weighted by molar-refractivity contribution is 0.00886. The molecule has 0 spiro atoms. The van der Waals surface area contributed by atoms with Crippen LogP contribution in [-0.2, 0) is 4.74 Å². The average molecular weight is 231 g/mol. The Morgan fingerprint density at radius 1 is 1.41 bits per heavy atom. The molecule has 0 radical (unpaired) electrons. The van der Waals surface area contributed by atoms with Crippen LogP contribution >= 0.6 is 0 Å². The van der Waals surface area contributed by atoms with E-state index in [9.17, 15) is 4.79 Å². The second-order valence-corrected chi connectivity index (χ2v) is 4.22. The van der Waals surface area contributed by atoms with Crippen molar-refractivity contribution >= 4 is 11.9 Å². The fourth-order valence-corrected chi connectivity index (χ4v) is 2.16. The van der Waals surface area contributed by atoms with Gasteiger partial charge < -0.3 is 4.74 Å². The molecule has 0 aliphatic carbocycles. The van der Waals surface area contributed by atoms with Crippen LogP contribution in [0.15, 0.2) is 18.3 Å². The van der Waals surface area contributed by atoms with Gasteiger partial charge in [0.2, 0.25) is 0 Å². The summed E-state index contributed by atoms with van der Waals surface area (Å²) < 4.78 is 7.59. The van der Waals surface area contributed by atoms with E-state index in [2.05, 4.69) is 10.2 Å². The number of carbonyl (C=O) groups is 1. The van der Waals surface area contributed by atoms with Crippen LogP contribution in [0.25, 0.3) is 5.65 Å². The standard InChI is InChI=1S/C12H13N3O2/c16-8-9-4-5-15-11(7-9)13-14-12(15)10-3-1-2-6-17-10/h4-5,7-8,10H,1-3,6H2. The number of carbonyl (C=O) groups excluding carboxylic acids is 1. The summed E-state index contributed by atoms with van der Waals surface area (Å²) in [5.74, 6) is 0.831. The van der Waals surface area contributed by atoms with Gasteiger partial charge in [-0.1, -0.05) is 0 Å². The number of fused-ring (bicyclic) bond motifs is 1. The lowest BCUT2D eigenvalue weighted by Gasteiger charge is -2.20. The predicted octanol–water partition coefficient (Wildman–Crippen LogP) is 1.78. The molecule has 3 rings (SSSR count). The van der Waals surface area contributed by atoms with Crippen molar-refractivity contribution in [1.29, 1.82) is 0 Å². The maximum atomic E-state index is 10.7. The zero-order chi connectivity index (χ0) is 11.7. The molecule has 0 saturated carbocycles. The molecule has 1 aliphatic rings. The van der Waals surface area contributed by atoms with E-state index in [1.807, 2.05) is 10.6 Å². The molecule has 2 aromatic rings. The summed E-state index contributed by atoms with van der Waals surface area (Å²) in [5, 5.41) is 8.24. The van der Waals surface area contributed by atoms with E-state index in [0.717, 1.165) is 38.0 Å². The number of nitrogens with zero attached hydrogens (tertiary/aromatic N) is 3. The molecule has 0 bridgehead atoms. The minimum atomic E-state index is 0.0285. The Bertz CT molecular complexity index is 544. The van der Waals surface area contributed by atoms with E-state index in [1.165, 1.54) is 0 Å². The number of rotatable bonds is 2. The molecule has 2 aromatic heterocycles. The summed E-state index contributed by atoms with van der Waals surface area (Å²) in [6.45, 7) is 0.784. The van der Waals surface area contributed by atoms with Crippen molar-refractivity contribution in [3.8, 4) is 0 Å². The highest BCUT2D eigenvalue weighted by atomic mass is 16.5. The molecule has 1 atom stereocenters. The molecule has 0 aromatic carbocycles. The monoisotopic (exact) mass is 231 g/mol. The second kappa shape index (κ2) is 4.25. The molecule has 17 heavy (non-hydrogen) atoms. The minimum Gasteiger partial charge on any atom is -0.370 e. The van der Waals surface area contributed by atoms with Gasteiger partial charge in [-0.15, -0.1) is 10.2 Å². The quantitative estimate of drug-likeness (QED) is 0.739. The molecule has 1 fully saturated rings. The van der Waals surface area contributed by atoms with Crippen LogP contribution in [0.3, 0.4) is 0 Å². The van der Waals surface area contributed by atoms with Gasteiger partial charge in [0.25, 0.3) is 0 Å². The first-order valence-corrected chi connectivity index (χ1v) is 5.80. The maximum absolute atomic E-state index is 10.7. The van der Waals surface area contributed by atoms with Gasteiger partial charge in [0.15, 0.2) is 11.5 Å². The van der Waals surface area contributed by atoms with Crippen LogP contribution in [0.4, 0.5) is 0 Å². The topological polar surface area (TPSA) is 56.5 Å². The van der Waals surface area contributed by atoms with Crippen LogP contribution in [0.5, 0.6) is 0 Å². The van der Waals surface area contributed by atoms with Gasteiger partial charge in [-0.25, -0.2) is 0 Å². The van der Waals surface area contributed by atoms with Gasteiger partial charge in [-0.05, 0) is 31.4 Å². The molecule has 1 unspecified atom stereocenters. The highest BCUT2D eigenvalue weighted by Gasteiger charge is 2.21. The molecule has 88 valence electrons. The largest absolute Gasteiger partial charge is 0.370 e. The third-order valence-electron chi connectivity index (χ3n) is 3.06. The van der Waals surface area contributed by atoms with Gasteiger partial charge in [0.1, 0.15) is 12.4 Å². The lowest BCUT2D eigenvalue weighted by Crippen LogP contribution is -2.14. The SMILES string of the molecule is O=Cc1ccn2c(C3CCCCO3)nnc2c1. The first kappa shape index (κ1) is 10.4. The van der Waals surface area contributed by atoms with Gasteiger partial charge in [-0.2, -0.15) is 0 Å². The summed E-state index contributed by atoms with van der Waals surface area (Å²) in [7, 11) is 0. The Morgan fingerprint density at radius 2 is 2.35 bits per heavy atom. The summed E-state index contributed by atoms with van der Waals surface area (Å²) >= 11 is 0. The van der Waals surface area contributed by atoms with Crippen LogP contribution in [0.2, 0.25) is 0 Å². The van der Waals surface area contributed by atoms with E-state index in [1.54, 1.807) is 12.1 Å². The molecule has 0 amide bonds. The number of aromatic nitrogens is 3. The molecule has 1 aliphatic heterocycles. The Balaban J connectivity index is 2.02. The molecular formula is C12H13N3O2. The summed E-state index contributed by atoms with van der Waals surface area (Å²) in [5.41, 5.74) is 1.31. The van der Waals surface area contributed by atoms with Gasteiger partial charge >= 0.3 is 0 Å². The molecule has 0 N–H and O–H groups in total. The van der Waals surface area contributed by atoms with Crippen molar-refractivity contribution in [2.24, 2.45) is 0 Å². The van der Waals surface area contributed by atoms with Crippen LogP contribution < -0.4 is 0 Å². The molecular weight excluding hydrogens is 218 g/mol. The van der Waals surface area contributed by atoms with Crippen molar-refractivity contribution < 1.29 is 9.53 Å². The van der Waals surface area contributed by atoms with E-state index >= 15 is 0 Å². The Hall–Kier alpha value is -1.75. The molecule has 3 heterocycles. The van der Waals surface area contributed by atoms with Crippen LogP contribution in [-0.4, -0.2) is 27.5 Å². The molecule has 1 saturated heterocycles.